The Hall–Kier alpha value is -2.86. The number of carbonyl (C=O) groups is 1. The van der Waals surface area contributed by atoms with Crippen LogP contribution in [0.1, 0.15) is 35.4 Å². The minimum absolute atomic E-state index is 0.00543. The van der Waals surface area contributed by atoms with Gasteiger partial charge in [0, 0.05) is 5.56 Å². The van der Waals surface area contributed by atoms with Gasteiger partial charge in [0.1, 0.15) is 16.9 Å². The van der Waals surface area contributed by atoms with Crippen molar-refractivity contribution in [2.45, 2.75) is 19.4 Å². The van der Waals surface area contributed by atoms with Gasteiger partial charge in [0.2, 0.25) is 5.43 Å². The van der Waals surface area contributed by atoms with E-state index in [2.05, 4.69) is 0 Å². The van der Waals surface area contributed by atoms with Crippen LogP contribution in [0, 0.1) is 0 Å². The molecular weight excluding hydrogens is 312 g/mol. The molecule has 1 atom stereocenters. The second-order valence-electron chi connectivity index (χ2n) is 5.46. The molecule has 24 heavy (non-hydrogen) atoms. The number of aliphatic hydroxyl groups is 1. The van der Waals surface area contributed by atoms with Crippen LogP contribution in [0.2, 0.25) is 0 Å². The third kappa shape index (κ3) is 2.51. The highest BCUT2D eigenvalue weighted by atomic mass is 16.5. The lowest BCUT2D eigenvalue weighted by atomic mass is 10.0. The number of hydrogen-bond donors (Lipinski definition) is 2. The largest absolute Gasteiger partial charge is 0.497 e. The average molecular weight is 328 g/mol. The van der Waals surface area contributed by atoms with Crippen molar-refractivity contribution in [2.24, 2.45) is 0 Å². The van der Waals surface area contributed by atoms with E-state index in [1.807, 2.05) is 6.92 Å². The Labute approximate surface area is 136 Å². The minimum atomic E-state index is -1.12. The summed E-state index contributed by atoms with van der Waals surface area (Å²) >= 11 is 0. The third-order valence-electron chi connectivity index (χ3n) is 4.00. The topological polar surface area (TPSA) is 97.0 Å². The van der Waals surface area contributed by atoms with Gasteiger partial charge in [-0.2, -0.15) is 0 Å². The molecule has 0 fully saturated rings. The molecule has 0 bridgehead atoms. The van der Waals surface area contributed by atoms with E-state index >= 15 is 0 Å². The Morgan fingerprint density at radius 1 is 1.25 bits per heavy atom. The van der Waals surface area contributed by atoms with Crippen LogP contribution < -0.4 is 10.2 Å². The smallest absolute Gasteiger partial charge is 0.335 e. The maximum atomic E-state index is 12.8. The van der Waals surface area contributed by atoms with Crippen LogP contribution in [0.25, 0.3) is 21.9 Å². The number of ether oxygens (including phenoxy) is 1. The van der Waals surface area contributed by atoms with Gasteiger partial charge >= 0.3 is 5.97 Å². The van der Waals surface area contributed by atoms with Gasteiger partial charge in [0.15, 0.2) is 0 Å². The van der Waals surface area contributed by atoms with Crippen LogP contribution in [0.5, 0.6) is 5.75 Å². The van der Waals surface area contributed by atoms with Crippen molar-refractivity contribution in [3.63, 3.8) is 0 Å². The Kier molecular flexibility index (Phi) is 3.99. The third-order valence-corrected chi connectivity index (χ3v) is 4.00. The molecule has 0 saturated heterocycles. The summed E-state index contributed by atoms with van der Waals surface area (Å²) in [5, 5.41) is 19.7. The maximum Gasteiger partial charge on any atom is 0.335 e. The SMILES string of the molecule is CCC(O)c1cc(OC)cc2c(=O)c3cc(C(=O)O)ccc3oc12. The van der Waals surface area contributed by atoms with Crippen molar-refractivity contribution in [2.75, 3.05) is 7.11 Å². The molecule has 0 spiro atoms. The van der Waals surface area contributed by atoms with E-state index in [9.17, 15) is 14.7 Å². The highest BCUT2D eigenvalue weighted by Crippen LogP contribution is 2.31. The summed E-state index contributed by atoms with van der Waals surface area (Å²) in [7, 11) is 1.47. The molecule has 1 aromatic heterocycles. The van der Waals surface area contributed by atoms with E-state index in [0.29, 0.717) is 17.7 Å². The Morgan fingerprint density at radius 2 is 2.00 bits per heavy atom. The second-order valence-corrected chi connectivity index (χ2v) is 5.46. The van der Waals surface area contributed by atoms with E-state index in [0.717, 1.165) is 0 Å². The molecular formula is C18H16O6. The van der Waals surface area contributed by atoms with Crippen molar-refractivity contribution >= 4 is 27.9 Å². The summed E-state index contributed by atoms with van der Waals surface area (Å²) in [6.45, 7) is 1.81. The van der Waals surface area contributed by atoms with E-state index < -0.39 is 12.1 Å². The lowest BCUT2D eigenvalue weighted by Crippen LogP contribution is -2.07. The van der Waals surface area contributed by atoms with E-state index in [1.54, 1.807) is 6.07 Å². The van der Waals surface area contributed by atoms with Crippen molar-refractivity contribution in [3.05, 3.63) is 51.7 Å². The van der Waals surface area contributed by atoms with Crippen molar-refractivity contribution in [1.82, 2.24) is 0 Å². The molecule has 0 aliphatic carbocycles. The zero-order valence-corrected chi connectivity index (χ0v) is 13.2. The summed E-state index contributed by atoms with van der Waals surface area (Å²) in [6, 6.07) is 7.28. The minimum Gasteiger partial charge on any atom is -0.497 e. The molecule has 0 aliphatic rings. The van der Waals surface area contributed by atoms with Crippen LogP contribution in [-0.4, -0.2) is 23.3 Å². The fraction of sp³-hybridized carbons (Fsp3) is 0.222. The summed E-state index contributed by atoms with van der Waals surface area (Å²) in [4.78, 5) is 23.9. The number of benzene rings is 2. The molecule has 3 aromatic rings. The number of aliphatic hydroxyl groups excluding tert-OH is 1. The first-order chi connectivity index (χ1) is 11.5. The molecule has 124 valence electrons. The van der Waals surface area contributed by atoms with Gasteiger partial charge < -0.3 is 19.4 Å². The highest BCUT2D eigenvalue weighted by Gasteiger charge is 2.18. The first kappa shape index (κ1) is 16.0. The van der Waals surface area contributed by atoms with Gasteiger partial charge in [-0.05, 0) is 36.8 Å². The predicted octanol–water partition coefficient (Wildman–Crippen LogP) is 3.10. The van der Waals surface area contributed by atoms with Crippen LogP contribution >= 0.6 is 0 Å². The van der Waals surface area contributed by atoms with Crippen LogP contribution in [0.3, 0.4) is 0 Å². The lowest BCUT2D eigenvalue weighted by Gasteiger charge is -2.13. The normalized spacial score (nSPS) is 12.5. The van der Waals surface area contributed by atoms with Crippen LogP contribution in [-0.2, 0) is 0 Å². The van der Waals surface area contributed by atoms with E-state index in [1.165, 1.54) is 31.4 Å². The maximum absolute atomic E-state index is 12.8. The molecule has 2 aromatic carbocycles. The number of aromatic carboxylic acids is 1. The summed E-state index contributed by atoms with van der Waals surface area (Å²) in [6.07, 6.45) is -0.358. The number of carboxylic acid groups (broad SMARTS) is 1. The number of carboxylic acids is 1. The second kappa shape index (κ2) is 5.98. The lowest BCUT2D eigenvalue weighted by molar-refractivity contribution is 0.0697. The first-order valence-corrected chi connectivity index (χ1v) is 7.46. The van der Waals surface area contributed by atoms with Gasteiger partial charge in [-0.3, -0.25) is 4.79 Å². The fourth-order valence-electron chi connectivity index (χ4n) is 2.68. The molecule has 6 nitrogen and oxygen atoms in total. The van der Waals surface area contributed by atoms with Crippen LogP contribution in [0.4, 0.5) is 0 Å². The number of rotatable bonds is 4. The fourth-order valence-corrected chi connectivity index (χ4v) is 2.68. The number of hydrogen-bond acceptors (Lipinski definition) is 5. The van der Waals surface area contributed by atoms with Crippen LogP contribution in [0.15, 0.2) is 39.5 Å². The zero-order chi connectivity index (χ0) is 17.4. The predicted molar refractivity (Wildman–Crippen MR) is 88.8 cm³/mol. The molecule has 0 aliphatic heterocycles. The first-order valence-electron chi connectivity index (χ1n) is 7.46. The number of methoxy groups -OCH3 is 1. The molecule has 1 heterocycles. The van der Waals surface area contributed by atoms with E-state index in [4.69, 9.17) is 14.3 Å². The van der Waals surface area contributed by atoms with Gasteiger partial charge in [-0.1, -0.05) is 6.92 Å². The van der Waals surface area contributed by atoms with Crippen molar-refractivity contribution < 1.29 is 24.2 Å². The molecule has 1 unspecified atom stereocenters. The van der Waals surface area contributed by atoms with E-state index in [-0.39, 0.29) is 32.9 Å². The quantitative estimate of drug-likeness (QED) is 0.714. The molecule has 2 N–H and O–H groups in total. The van der Waals surface area contributed by atoms with Gasteiger partial charge in [0.05, 0.1) is 29.5 Å². The molecule has 0 saturated carbocycles. The summed E-state index contributed by atoms with van der Waals surface area (Å²) in [5.74, 6) is -0.699. The standard InChI is InChI=1S/C18H16O6/c1-3-14(19)11-7-10(23-2)8-13-16(20)12-6-9(18(21)22)4-5-15(12)24-17(11)13/h4-8,14,19H,3H2,1-2H3,(H,21,22). The Morgan fingerprint density at radius 3 is 2.62 bits per heavy atom. The molecule has 0 amide bonds. The Balaban J connectivity index is 2.44. The average Bonchev–Trinajstić information content (AvgIpc) is 2.60. The van der Waals surface area contributed by atoms with Gasteiger partial charge in [-0.15, -0.1) is 0 Å². The van der Waals surface area contributed by atoms with Gasteiger partial charge in [-0.25, -0.2) is 4.79 Å². The van der Waals surface area contributed by atoms with Gasteiger partial charge in [0.25, 0.3) is 0 Å². The molecule has 3 rings (SSSR count). The zero-order valence-electron chi connectivity index (χ0n) is 13.2. The van der Waals surface area contributed by atoms with Crippen molar-refractivity contribution in [3.8, 4) is 5.75 Å². The monoisotopic (exact) mass is 328 g/mol. The Bertz CT molecular complexity index is 1000. The highest BCUT2D eigenvalue weighted by molar-refractivity contribution is 5.96. The summed E-state index contributed by atoms with van der Waals surface area (Å²) < 4.78 is 11.0. The molecule has 6 heteroatoms. The number of fused-ring (bicyclic) bond motifs is 2. The summed E-state index contributed by atoms with van der Waals surface area (Å²) in [5.41, 5.74) is 0.662. The van der Waals surface area contributed by atoms with Crippen molar-refractivity contribution in [1.29, 1.82) is 0 Å². The molecule has 0 radical (unpaired) electrons.